The number of carbonyl (C=O) groups is 1. The Labute approximate surface area is 100 Å². The summed E-state index contributed by atoms with van der Waals surface area (Å²) in [6.45, 7) is 5.26. The normalized spacial score (nSPS) is 20.2. The first kappa shape index (κ1) is 11.6. The van der Waals surface area contributed by atoms with Gasteiger partial charge >= 0.3 is 0 Å². The number of hydrogen-bond donors (Lipinski definition) is 2. The molecule has 1 aromatic heterocycles. The molecule has 2 heterocycles. The van der Waals surface area contributed by atoms with E-state index in [9.17, 15) is 4.79 Å². The van der Waals surface area contributed by atoms with Gasteiger partial charge in [-0.05, 0) is 13.3 Å². The van der Waals surface area contributed by atoms with Crippen LogP contribution in [0.15, 0.2) is 6.33 Å². The number of nitrogens with one attached hydrogen (secondary N) is 1. The summed E-state index contributed by atoms with van der Waals surface area (Å²) in [4.78, 5) is 22.0. The second-order valence-corrected chi connectivity index (χ2v) is 4.12. The molecule has 0 aliphatic carbocycles. The van der Waals surface area contributed by atoms with Gasteiger partial charge in [0.2, 0.25) is 5.91 Å². The maximum atomic E-state index is 11.8. The number of amides is 1. The van der Waals surface area contributed by atoms with Gasteiger partial charge < -0.3 is 16.0 Å². The molecule has 92 valence electrons. The Morgan fingerprint density at radius 2 is 2.35 bits per heavy atom. The molecule has 0 bridgehead atoms. The summed E-state index contributed by atoms with van der Waals surface area (Å²) in [7, 11) is 0. The number of nitrogens with zero attached hydrogens (tertiary/aromatic N) is 3. The second-order valence-electron chi connectivity index (χ2n) is 4.12. The molecule has 6 heteroatoms. The largest absolute Gasteiger partial charge is 0.383 e. The van der Waals surface area contributed by atoms with Crippen molar-refractivity contribution in [3.8, 4) is 0 Å². The van der Waals surface area contributed by atoms with Gasteiger partial charge in [0.1, 0.15) is 24.0 Å². The van der Waals surface area contributed by atoms with Gasteiger partial charge in [-0.2, -0.15) is 0 Å². The van der Waals surface area contributed by atoms with Crippen molar-refractivity contribution >= 4 is 17.5 Å². The van der Waals surface area contributed by atoms with Gasteiger partial charge in [0.15, 0.2) is 0 Å². The molecule has 0 radical (unpaired) electrons. The van der Waals surface area contributed by atoms with Crippen LogP contribution in [0.1, 0.15) is 18.9 Å². The minimum Gasteiger partial charge on any atom is -0.383 e. The quantitative estimate of drug-likeness (QED) is 0.758. The molecule has 1 unspecified atom stereocenters. The van der Waals surface area contributed by atoms with Crippen LogP contribution >= 0.6 is 0 Å². The average Bonchev–Trinajstić information content (AvgIpc) is 2.32. The highest BCUT2D eigenvalue weighted by Crippen LogP contribution is 2.24. The topological polar surface area (TPSA) is 84.1 Å². The van der Waals surface area contributed by atoms with Crippen LogP contribution in [0.3, 0.4) is 0 Å². The van der Waals surface area contributed by atoms with Gasteiger partial charge in [-0.25, -0.2) is 9.97 Å². The van der Waals surface area contributed by atoms with Crippen molar-refractivity contribution in [3.63, 3.8) is 0 Å². The number of anilines is 2. The third-order valence-corrected chi connectivity index (χ3v) is 3.09. The molecule has 1 aliphatic heterocycles. The molecule has 1 saturated heterocycles. The van der Waals surface area contributed by atoms with Crippen molar-refractivity contribution in [2.24, 2.45) is 0 Å². The van der Waals surface area contributed by atoms with Crippen LogP contribution < -0.4 is 16.0 Å². The van der Waals surface area contributed by atoms with E-state index in [1.807, 2.05) is 18.7 Å². The molecular weight excluding hydrogens is 218 g/mol. The highest BCUT2D eigenvalue weighted by molar-refractivity contribution is 5.86. The monoisotopic (exact) mass is 235 g/mol. The molecule has 0 spiro atoms. The highest BCUT2D eigenvalue weighted by atomic mass is 16.2. The first-order valence-corrected chi connectivity index (χ1v) is 5.76. The number of aromatic nitrogens is 2. The van der Waals surface area contributed by atoms with E-state index in [4.69, 9.17) is 5.73 Å². The van der Waals surface area contributed by atoms with E-state index in [0.717, 1.165) is 24.3 Å². The van der Waals surface area contributed by atoms with Crippen LogP contribution in [0.25, 0.3) is 0 Å². The van der Waals surface area contributed by atoms with E-state index < -0.39 is 0 Å². The fourth-order valence-electron chi connectivity index (χ4n) is 2.12. The lowest BCUT2D eigenvalue weighted by atomic mass is 10.1. The summed E-state index contributed by atoms with van der Waals surface area (Å²) in [5, 5.41) is 2.86. The van der Waals surface area contributed by atoms with E-state index in [-0.39, 0.29) is 11.9 Å². The van der Waals surface area contributed by atoms with E-state index in [0.29, 0.717) is 12.4 Å². The van der Waals surface area contributed by atoms with Crippen molar-refractivity contribution in [1.82, 2.24) is 15.3 Å². The molecule has 1 aromatic rings. The fourth-order valence-corrected chi connectivity index (χ4v) is 2.12. The van der Waals surface area contributed by atoms with Gasteiger partial charge in [-0.3, -0.25) is 4.79 Å². The Hall–Kier alpha value is -1.85. The van der Waals surface area contributed by atoms with Crippen LogP contribution in [-0.2, 0) is 4.79 Å². The van der Waals surface area contributed by atoms with Crippen LogP contribution in [0.5, 0.6) is 0 Å². The summed E-state index contributed by atoms with van der Waals surface area (Å²) in [5.41, 5.74) is 6.60. The molecule has 17 heavy (non-hydrogen) atoms. The van der Waals surface area contributed by atoms with Gasteiger partial charge in [0.05, 0.1) is 0 Å². The summed E-state index contributed by atoms with van der Waals surface area (Å²) in [6.07, 6.45) is 2.19. The molecule has 3 N–H and O–H groups in total. The molecule has 0 aromatic carbocycles. The maximum Gasteiger partial charge on any atom is 0.242 e. The fraction of sp³-hybridized carbons (Fsp3) is 0.545. The average molecular weight is 235 g/mol. The van der Waals surface area contributed by atoms with Crippen molar-refractivity contribution < 1.29 is 4.79 Å². The lowest BCUT2D eigenvalue weighted by Gasteiger charge is -2.36. The zero-order chi connectivity index (χ0) is 12.4. The summed E-state index contributed by atoms with van der Waals surface area (Å²) >= 11 is 0. The highest BCUT2D eigenvalue weighted by Gasteiger charge is 2.30. The summed E-state index contributed by atoms with van der Waals surface area (Å²) in [6, 6.07) is -0.170. The minimum atomic E-state index is -0.170. The number of nitrogen functional groups attached to an aromatic ring is 1. The van der Waals surface area contributed by atoms with Crippen LogP contribution in [0.2, 0.25) is 0 Å². The standard InChI is InChI=1S/C11H17N5O/c1-3-8-11(17)13-4-5-16(8)10-7(2)9(12)14-6-15-10/h6,8H,3-5H2,1-2H3,(H,13,17)(H2,12,14,15). The molecule has 1 aliphatic rings. The summed E-state index contributed by atoms with van der Waals surface area (Å²) < 4.78 is 0. The first-order chi connectivity index (χ1) is 8.15. The Morgan fingerprint density at radius 1 is 1.59 bits per heavy atom. The van der Waals surface area contributed by atoms with Crippen molar-refractivity contribution in [2.75, 3.05) is 23.7 Å². The molecule has 1 amide bonds. The number of nitrogens with two attached hydrogens (primary N) is 1. The van der Waals surface area contributed by atoms with Crippen LogP contribution in [-0.4, -0.2) is 35.0 Å². The zero-order valence-corrected chi connectivity index (χ0v) is 10.1. The molecule has 0 saturated carbocycles. The third-order valence-electron chi connectivity index (χ3n) is 3.09. The van der Waals surface area contributed by atoms with Gasteiger partial charge in [0.25, 0.3) is 0 Å². The third kappa shape index (κ3) is 2.02. The summed E-state index contributed by atoms with van der Waals surface area (Å²) in [5.74, 6) is 1.28. The smallest absolute Gasteiger partial charge is 0.242 e. The zero-order valence-electron chi connectivity index (χ0n) is 10.1. The van der Waals surface area contributed by atoms with E-state index in [1.165, 1.54) is 6.33 Å². The van der Waals surface area contributed by atoms with E-state index >= 15 is 0 Å². The predicted octanol–water partition coefficient (Wildman–Crippen LogP) is 0.0820. The lowest BCUT2D eigenvalue weighted by molar-refractivity contribution is -0.123. The Balaban J connectivity index is 2.37. The predicted molar refractivity (Wildman–Crippen MR) is 65.6 cm³/mol. The molecule has 1 fully saturated rings. The van der Waals surface area contributed by atoms with Gasteiger partial charge in [-0.1, -0.05) is 6.92 Å². The number of rotatable bonds is 2. The molecule has 6 nitrogen and oxygen atoms in total. The Bertz CT molecular complexity index is 434. The Kier molecular flexibility index (Phi) is 3.12. The van der Waals surface area contributed by atoms with E-state index in [2.05, 4.69) is 15.3 Å². The Morgan fingerprint density at radius 3 is 3.06 bits per heavy atom. The van der Waals surface area contributed by atoms with Gasteiger partial charge in [0, 0.05) is 18.7 Å². The van der Waals surface area contributed by atoms with Crippen molar-refractivity contribution in [3.05, 3.63) is 11.9 Å². The molecular formula is C11H17N5O. The minimum absolute atomic E-state index is 0.0512. The van der Waals surface area contributed by atoms with Crippen LogP contribution in [0.4, 0.5) is 11.6 Å². The molecule has 2 rings (SSSR count). The first-order valence-electron chi connectivity index (χ1n) is 5.76. The van der Waals surface area contributed by atoms with E-state index in [1.54, 1.807) is 0 Å². The SMILES string of the molecule is CCC1C(=O)NCCN1c1ncnc(N)c1C. The number of carbonyl (C=O) groups excluding carboxylic acids is 1. The number of hydrogen-bond acceptors (Lipinski definition) is 5. The van der Waals surface area contributed by atoms with Crippen molar-refractivity contribution in [1.29, 1.82) is 0 Å². The second kappa shape index (κ2) is 4.57. The van der Waals surface area contributed by atoms with Crippen LogP contribution in [0, 0.1) is 6.92 Å². The van der Waals surface area contributed by atoms with Gasteiger partial charge in [-0.15, -0.1) is 0 Å². The molecule has 1 atom stereocenters. The maximum absolute atomic E-state index is 11.8. The number of piperazine rings is 1. The van der Waals surface area contributed by atoms with Crippen molar-refractivity contribution in [2.45, 2.75) is 26.3 Å². The lowest BCUT2D eigenvalue weighted by Crippen LogP contribution is -2.55.